The Hall–Kier alpha value is -2.09. The number of methoxy groups -OCH3 is 1. The highest BCUT2D eigenvalue weighted by Crippen LogP contribution is 2.31. The molecule has 2 aliphatic rings. The summed E-state index contributed by atoms with van der Waals surface area (Å²) in [7, 11) is -1.78. The Labute approximate surface area is 147 Å². The number of carbonyl (C=O) groups excluding carboxylic acids is 2. The lowest BCUT2D eigenvalue weighted by molar-refractivity contribution is -0.133. The molecule has 2 amide bonds. The Kier molecular flexibility index (Phi) is 4.49. The van der Waals surface area contributed by atoms with Crippen molar-refractivity contribution in [1.82, 2.24) is 9.80 Å². The molecule has 0 radical (unpaired) electrons. The smallest absolute Gasteiger partial charge is 0.258 e. The van der Waals surface area contributed by atoms with Crippen LogP contribution in [0.5, 0.6) is 5.75 Å². The van der Waals surface area contributed by atoms with Crippen molar-refractivity contribution in [2.75, 3.05) is 31.7 Å². The zero-order valence-electron chi connectivity index (χ0n) is 14.6. The second kappa shape index (κ2) is 6.33. The molecule has 1 aromatic rings. The molecule has 0 saturated carbocycles. The summed E-state index contributed by atoms with van der Waals surface area (Å²) in [6, 6.07) is 4.33. The Morgan fingerprint density at radius 1 is 1.12 bits per heavy atom. The third-order valence-electron chi connectivity index (χ3n) is 4.99. The minimum atomic E-state index is -3.29. The molecule has 0 N–H and O–H groups in total. The number of ether oxygens (including phenoxy) is 1. The van der Waals surface area contributed by atoms with E-state index in [1.165, 1.54) is 14.0 Å². The minimum Gasteiger partial charge on any atom is -0.496 e. The molecule has 7 nitrogen and oxygen atoms in total. The normalized spacial score (nSPS) is 24.8. The number of nitrogens with zero attached hydrogens (tertiary/aromatic N) is 2. The molecule has 8 heteroatoms. The van der Waals surface area contributed by atoms with Crippen LogP contribution in [-0.4, -0.2) is 73.8 Å². The number of amides is 2. The van der Waals surface area contributed by atoms with Crippen LogP contribution in [0, 0.1) is 6.92 Å². The number of hydrogen-bond acceptors (Lipinski definition) is 5. The first kappa shape index (κ1) is 17.7. The quantitative estimate of drug-likeness (QED) is 0.760. The largest absolute Gasteiger partial charge is 0.496 e. The maximum absolute atomic E-state index is 13.1. The van der Waals surface area contributed by atoms with Gasteiger partial charge in [-0.2, -0.15) is 0 Å². The molecule has 0 aliphatic carbocycles. The summed E-state index contributed by atoms with van der Waals surface area (Å²) >= 11 is 0. The number of aryl methyl sites for hydroxylation is 1. The van der Waals surface area contributed by atoms with Gasteiger partial charge < -0.3 is 14.5 Å². The fraction of sp³-hybridized carbons (Fsp3) is 0.529. The third-order valence-corrected chi connectivity index (χ3v) is 6.69. The van der Waals surface area contributed by atoms with Gasteiger partial charge in [0.25, 0.3) is 5.91 Å². The first-order chi connectivity index (χ1) is 11.7. The highest BCUT2D eigenvalue weighted by molar-refractivity contribution is 7.91. The highest BCUT2D eigenvalue weighted by atomic mass is 32.2. The van der Waals surface area contributed by atoms with Crippen molar-refractivity contribution in [3.63, 3.8) is 0 Å². The number of sulfone groups is 1. The van der Waals surface area contributed by atoms with Crippen LogP contribution in [0.1, 0.15) is 22.8 Å². The molecule has 0 bridgehead atoms. The Balaban J connectivity index is 1.97. The molecule has 2 fully saturated rings. The van der Waals surface area contributed by atoms with E-state index in [0.717, 1.165) is 5.56 Å². The van der Waals surface area contributed by atoms with Gasteiger partial charge in [0.05, 0.1) is 36.3 Å². The van der Waals surface area contributed by atoms with Gasteiger partial charge in [-0.25, -0.2) is 8.42 Å². The van der Waals surface area contributed by atoms with E-state index in [1.54, 1.807) is 21.9 Å². The molecule has 2 atom stereocenters. The monoisotopic (exact) mass is 366 g/mol. The van der Waals surface area contributed by atoms with Crippen molar-refractivity contribution >= 4 is 21.7 Å². The Morgan fingerprint density at radius 3 is 2.32 bits per heavy atom. The lowest BCUT2D eigenvalue weighted by Crippen LogP contribution is -2.61. The van der Waals surface area contributed by atoms with Crippen molar-refractivity contribution < 1.29 is 22.7 Å². The summed E-state index contributed by atoms with van der Waals surface area (Å²) in [5, 5.41) is 0. The van der Waals surface area contributed by atoms with Crippen LogP contribution in [0.25, 0.3) is 0 Å². The van der Waals surface area contributed by atoms with Crippen LogP contribution >= 0.6 is 0 Å². The fourth-order valence-electron chi connectivity index (χ4n) is 3.84. The molecule has 3 rings (SSSR count). The first-order valence-electron chi connectivity index (χ1n) is 8.17. The molecule has 1 aromatic carbocycles. The topological polar surface area (TPSA) is 84.0 Å². The van der Waals surface area contributed by atoms with Gasteiger partial charge in [0.15, 0.2) is 9.84 Å². The van der Waals surface area contributed by atoms with Gasteiger partial charge in [-0.15, -0.1) is 0 Å². The van der Waals surface area contributed by atoms with Crippen molar-refractivity contribution in [2.45, 2.75) is 25.9 Å². The second-order valence-corrected chi connectivity index (χ2v) is 8.73. The molecule has 136 valence electrons. The first-order valence-corrected chi connectivity index (χ1v) is 9.99. The highest BCUT2D eigenvalue weighted by Gasteiger charge is 2.49. The van der Waals surface area contributed by atoms with Gasteiger partial charge >= 0.3 is 0 Å². The predicted octanol–water partition coefficient (Wildman–Crippen LogP) is 0.474. The SMILES string of the molecule is COc1c(C)cccc1C(=O)N1CCN(C(C)=O)[C@H]2CS(=O)(=O)C[C@H]21. The van der Waals surface area contributed by atoms with E-state index in [4.69, 9.17) is 4.74 Å². The molecule has 2 heterocycles. The lowest BCUT2D eigenvalue weighted by Gasteiger charge is -2.43. The predicted molar refractivity (Wildman–Crippen MR) is 92.4 cm³/mol. The average Bonchev–Trinajstić information content (AvgIpc) is 2.87. The Bertz CT molecular complexity index is 820. The number of piperazine rings is 1. The van der Waals surface area contributed by atoms with E-state index in [1.807, 2.05) is 13.0 Å². The maximum atomic E-state index is 13.1. The number of para-hydroxylation sites is 1. The summed E-state index contributed by atoms with van der Waals surface area (Å²) in [6.45, 7) is 3.94. The van der Waals surface area contributed by atoms with Gasteiger partial charge in [0.2, 0.25) is 5.91 Å². The Morgan fingerprint density at radius 2 is 1.72 bits per heavy atom. The van der Waals surface area contributed by atoms with Crippen molar-refractivity contribution in [1.29, 1.82) is 0 Å². The van der Waals surface area contributed by atoms with Gasteiger partial charge in [-0.3, -0.25) is 9.59 Å². The maximum Gasteiger partial charge on any atom is 0.258 e. The summed E-state index contributed by atoms with van der Waals surface area (Å²) in [6.07, 6.45) is 0. The molecule has 0 aromatic heterocycles. The molecular formula is C17H22N2O5S. The molecular weight excluding hydrogens is 344 g/mol. The van der Waals surface area contributed by atoms with Crippen LogP contribution in [0.2, 0.25) is 0 Å². The summed E-state index contributed by atoms with van der Waals surface area (Å²) < 4.78 is 29.7. The van der Waals surface area contributed by atoms with E-state index in [9.17, 15) is 18.0 Å². The third kappa shape index (κ3) is 3.10. The van der Waals surface area contributed by atoms with Gasteiger partial charge in [0, 0.05) is 20.0 Å². The van der Waals surface area contributed by atoms with Crippen molar-refractivity contribution in [3.05, 3.63) is 29.3 Å². The number of rotatable bonds is 2. The van der Waals surface area contributed by atoms with Gasteiger partial charge in [0.1, 0.15) is 5.75 Å². The van der Waals surface area contributed by atoms with Crippen LogP contribution in [0.3, 0.4) is 0 Å². The summed E-state index contributed by atoms with van der Waals surface area (Å²) in [5.74, 6) is -0.116. The number of benzene rings is 1. The van der Waals surface area contributed by atoms with E-state index in [2.05, 4.69) is 0 Å². The average molecular weight is 366 g/mol. The zero-order chi connectivity index (χ0) is 18.4. The van der Waals surface area contributed by atoms with Gasteiger partial charge in [-0.1, -0.05) is 12.1 Å². The molecule has 0 unspecified atom stereocenters. The molecule has 2 aliphatic heterocycles. The van der Waals surface area contributed by atoms with Crippen molar-refractivity contribution in [2.24, 2.45) is 0 Å². The van der Waals surface area contributed by atoms with Crippen LogP contribution in [0.15, 0.2) is 18.2 Å². The van der Waals surface area contributed by atoms with Crippen LogP contribution < -0.4 is 4.74 Å². The molecule has 25 heavy (non-hydrogen) atoms. The van der Waals surface area contributed by atoms with E-state index in [0.29, 0.717) is 24.4 Å². The second-order valence-electron chi connectivity index (χ2n) is 6.58. The summed E-state index contributed by atoms with van der Waals surface area (Å²) in [5.41, 5.74) is 1.26. The van der Waals surface area contributed by atoms with E-state index in [-0.39, 0.29) is 23.3 Å². The molecule has 0 spiro atoms. The summed E-state index contributed by atoms with van der Waals surface area (Å²) in [4.78, 5) is 28.1. The lowest BCUT2D eigenvalue weighted by atomic mass is 10.0. The standard InChI is InChI=1S/C17H22N2O5S/c1-11-5-4-6-13(16(11)24-3)17(21)19-8-7-18(12(2)20)14-9-25(22,23)10-15(14)19/h4-6,14-15H,7-10H2,1-3H3/t14-,15+/m0/s1. The fourth-order valence-corrected chi connectivity index (χ4v) is 5.82. The molecule has 2 saturated heterocycles. The minimum absolute atomic E-state index is 0.0913. The van der Waals surface area contributed by atoms with Crippen LogP contribution in [-0.2, 0) is 14.6 Å². The van der Waals surface area contributed by atoms with Crippen molar-refractivity contribution in [3.8, 4) is 5.75 Å². The number of hydrogen-bond donors (Lipinski definition) is 0. The van der Waals surface area contributed by atoms with E-state index < -0.39 is 21.9 Å². The zero-order valence-corrected chi connectivity index (χ0v) is 15.4. The number of fused-ring (bicyclic) bond motifs is 1. The van der Waals surface area contributed by atoms with Gasteiger partial charge in [-0.05, 0) is 18.6 Å². The number of carbonyl (C=O) groups is 2. The van der Waals surface area contributed by atoms with E-state index >= 15 is 0 Å². The van der Waals surface area contributed by atoms with Crippen LogP contribution in [0.4, 0.5) is 0 Å².